The molecule has 3 aromatic carbocycles. The molecule has 6 N–H and O–H groups in total. The van der Waals surface area contributed by atoms with E-state index in [0.29, 0.717) is 34.6 Å². The molecule has 1 atom stereocenters. The summed E-state index contributed by atoms with van der Waals surface area (Å²) in [6.07, 6.45) is 0.807. The lowest BCUT2D eigenvalue weighted by molar-refractivity contribution is 0.176. The number of H-pyrrole nitrogens is 1. The van der Waals surface area contributed by atoms with Crippen molar-refractivity contribution >= 4 is 21.6 Å². The van der Waals surface area contributed by atoms with Crippen LogP contribution in [0.15, 0.2) is 65.5 Å². The minimum atomic E-state index is -0.783. The number of rotatable bonds is 11. The van der Waals surface area contributed by atoms with E-state index < -0.39 is 6.10 Å². The van der Waals surface area contributed by atoms with E-state index in [2.05, 4.69) is 33.8 Å². The molecule has 7 nitrogen and oxygen atoms in total. The van der Waals surface area contributed by atoms with Crippen LogP contribution in [-0.2, 0) is 19.4 Å². The van der Waals surface area contributed by atoms with Crippen LogP contribution in [0.5, 0.6) is 11.5 Å². The molecule has 0 spiro atoms. The first-order valence-corrected chi connectivity index (χ1v) is 12.1. The van der Waals surface area contributed by atoms with Gasteiger partial charge in [0.15, 0.2) is 0 Å². The number of hydrogen-bond donors (Lipinski definition) is 6. The summed E-state index contributed by atoms with van der Waals surface area (Å²) >= 11 is 0.989. The van der Waals surface area contributed by atoms with Crippen LogP contribution in [0.4, 0.5) is 0 Å². The van der Waals surface area contributed by atoms with Crippen molar-refractivity contribution in [1.29, 1.82) is 0 Å². The Kier molecular flexibility index (Phi) is 7.97. The minimum Gasteiger partial charge on any atom is -0.508 e. The number of phenols is 2. The van der Waals surface area contributed by atoms with Crippen LogP contribution in [0.1, 0.15) is 28.4 Å². The molecule has 0 saturated heterocycles. The van der Waals surface area contributed by atoms with Crippen molar-refractivity contribution in [3.05, 3.63) is 92.6 Å². The summed E-state index contributed by atoms with van der Waals surface area (Å²) in [6.45, 7) is 2.58. The van der Waals surface area contributed by atoms with Crippen LogP contribution in [0.25, 0.3) is 10.2 Å². The van der Waals surface area contributed by atoms with Gasteiger partial charge in [0.05, 0.1) is 10.8 Å². The zero-order chi connectivity index (χ0) is 23.9. The summed E-state index contributed by atoms with van der Waals surface area (Å²) in [5.41, 5.74) is 4.34. The molecule has 0 aliphatic heterocycles. The van der Waals surface area contributed by atoms with E-state index in [1.165, 1.54) is 17.2 Å². The molecule has 0 bridgehead atoms. The number of nitrogens with one attached hydrogen (secondary N) is 3. The number of thiazole rings is 1. The van der Waals surface area contributed by atoms with Gasteiger partial charge in [-0.3, -0.25) is 4.79 Å². The fourth-order valence-corrected chi connectivity index (χ4v) is 4.87. The normalized spacial score (nSPS) is 12.3. The first-order valence-electron chi connectivity index (χ1n) is 11.3. The summed E-state index contributed by atoms with van der Waals surface area (Å²) in [5, 5.41) is 37.1. The van der Waals surface area contributed by atoms with Gasteiger partial charge < -0.3 is 30.9 Å². The standard InChI is InChI=1S/C26H29N3O4S/c30-21-7-2-1-6-19(21)11-13-27-15-18-5-3-4-17(14-18)10-12-28-16-23(32)20-8-9-22(31)24-25(20)34-26(33)29-24/h1-9,14,23,27-28,30-32H,10-13,15-16H2,(H,29,33)/t23-/m0/s1. The first-order chi connectivity index (χ1) is 16.5. The lowest BCUT2D eigenvalue weighted by Crippen LogP contribution is -2.24. The first kappa shape index (κ1) is 24.0. The number of aromatic hydroxyl groups is 2. The van der Waals surface area contributed by atoms with E-state index >= 15 is 0 Å². The largest absolute Gasteiger partial charge is 0.508 e. The van der Waals surface area contributed by atoms with Gasteiger partial charge in [0.1, 0.15) is 17.0 Å². The van der Waals surface area contributed by atoms with Gasteiger partial charge >= 0.3 is 4.87 Å². The van der Waals surface area contributed by atoms with Crippen molar-refractivity contribution in [2.75, 3.05) is 19.6 Å². The Bertz CT molecular complexity index is 1300. The maximum Gasteiger partial charge on any atom is 0.305 e. The molecule has 4 rings (SSSR count). The Morgan fingerprint density at radius 3 is 2.53 bits per heavy atom. The Morgan fingerprint density at radius 2 is 1.68 bits per heavy atom. The number of phenolic OH excluding ortho intramolecular Hbond substituents is 2. The summed E-state index contributed by atoms with van der Waals surface area (Å²) in [5.74, 6) is 0.340. The highest BCUT2D eigenvalue weighted by Gasteiger charge is 2.15. The highest BCUT2D eigenvalue weighted by Crippen LogP contribution is 2.31. The van der Waals surface area contributed by atoms with Gasteiger partial charge in [-0.25, -0.2) is 0 Å². The molecule has 4 aromatic rings. The van der Waals surface area contributed by atoms with Crippen molar-refractivity contribution in [2.24, 2.45) is 0 Å². The van der Waals surface area contributed by atoms with E-state index in [1.54, 1.807) is 12.1 Å². The number of aliphatic hydroxyl groups excluding tert-OH is 1. The quantitative estimate of drug-likeness (QED) is 0.184. The maximum atomic E-state index is 11.7. The van der Waals surface area contributed by atoms with Gasteiger partial charge in [-0.2, -0.15) is 0 Å². The van der Waals surface area contributed by atoms with Crippen LogP contribution in [-0.4, -0.2) is 39.9 Å². The maximum absolute atomic E-state index is 11.7. The molecule has 1 aromatic heterocycles. The lowest BCUT2D eigenvalue weighted by atomic mass is 10.1. The van der Waals surface area contributed by atoms with E-state index in [0.717, 1.165) is 42.8 Å². The number of aromatic amines is 1. The average molecular weight is 480 g/mol. The fraction of sp³-hybridized carbons (Fsp3) is 0.269. The molecule has 0 amide bonds. The van der Waals surface area contributed by atoms with Crippen molar-refractivity contribution in [3.8, 4) is 11.5 Å². The van der Waals surface area contributed by atoms with Crippen LogP contribution in [0.3, 0.4) is 0 Å². The number of para-hydroxylation sites is 1. The smallest absolute Gasteiger partial charge is 0.305 e. The molecular weight excluding hydrogens is 450 g/mol. The minimum absolute atomic E-state index is 0.00448. The molecular formula is C26H29N3O4S. The third-order valence-corrected chi connectivity index (χ3v) is 6.69. The van der Waals surface area contributed by atoms with Crippen LogP contribution in [0.2, 0.25) is 0 Å². The van der Waals surface area contributed by atoms with Crippen molar-refractivity contribution < 1.29 is 15.3 Å². The predicted molar refractivity (Wildman–Crippen MR) is 136 cm³/mol. The second-order valence-corrected chi connectivity index (χ2v) is 9.22. The Morgan fingerprint density at radius 1 is 0.882 bits per heavy atom. The predicted octanol–water partition coefficient (Wildman–Crippen LogP) is 3.20. The molecule has 0 unspecified atom stereocenters. The van der Waals surface area contributed by atoms with E-state index in [-0.39, 0.29) is 10.6 Å². The van der Waals surface area contributed by atoms with Gasteiger partial charge in [-0.05, 0) is 54.8 Å². The number of fused-ring (bicyclic) bond motifs is 1. The molecule has 0 fully saturated rings. The van der Waals surface area contributed by atoms with Crippen LogP contribution < -0.4 is 15.5 Å². The van der Waals surface area contributed by atoms with E-state index in [4.69, 9.17) is 0 Å². The topological polar surface area (TPSA) is 118 Å². The number of benzene rings is 3. The highest BCUT2D eigenvalue weighted by atomic mass is 32.1. The lowest BCUT2D eigenvalue weighted by Gasteiger charge is -2.14. The molecule has 178 valence electrons. The zero-order valence-corrected chi connectivity index (χ0v) is 19.6. The Labute approximate surface area is 201 Å². The summed E-state index contributed by atoms with van der Waals surface area (Å²) in [6, 6.07) is 18.9. The average Bonchev–Trinajstić information content (AvgIpc) is 3.23. The molecule has 34 heavy (non-hydrogen) atoms. The molecule has 0 aliphatic rings. The van der Waals surface area contributed by atoms with Crippen molar-refractivity contribution in [2.45, 2.75) is 25.5 Å². The number of aromatic nitrogens is 1. The Hall–Kier alpha value is -3.17. The summed E-state index contributed by atoms with van der Waals surface area (Å²) in [7, 11) is 0. The Balaban J connectivity index is 1.22. The molecule has 0 aliphatic carbocycles. The van der Waals surface area contributed by atoms with Crippen molar-refractivity contribution in [1.82, 2.24) is 15.6 Å². The van der Waals surface area contributed by atoms with Gasteiger partial charge in [0, 0.05) is 18.7 Å². The van der Waals surface area contributed by atoms with Gasteiger partial charge in [-0.15, -0.1) is 0 Å². The highest BCUT2D eigenvalue weighted by molar-refractivity contribution is 7.16. The number of hydrogen-bond acceptors (Lipinski definition) is 7. The molecule has 1 heterocycles. The summed E-state index contributed by atoms with van der Waals surface area (Å²) in [4.78, 5) is 14.0. The van der Waals surface area contributed by atoms with Crippen molar-refractivity contribution in [3.63, 3.8) is 0 Å². The molecule has 0 radical (unpaired) electrons. The SMILES string of the molecule is O=c1[nH]c2c(O)ccc([C@@H](O)CNCCc3cccc(CNCCc4ccccc4O)c3)c2s1. The van der Waals surface area contributed by atoms with Crippen LogP contribution in [0, 0.1) is 0 Å². The number of aliphatic hydroxyl groups is 1. The molecule has 8 heteroatoms. The third kappa shape index (κ3) is 6.03. The van der Waals surface area contributed by atoms with Gasteiger partial charge in [0.25, 0.3) is 0 Å². The fourth-order valence-electron chi connectivity index (χ4n) is 3.96. The van der Waals surface area contributed by atoms with Crippen LogP contribution >= 0.6 is 11.3 Å². The monoisotopic (exact) mass is 479 g/mol. The van der Waals surface area contributed by atoms with Gasteiger partial charge in [0.2, 0.25) is 0 Å². The van der Waals surface area contributed by atoms with E-state index in [9.17, 15) is 20.1 Å². The zero-order valence-electron chi connectivity index (χ0n) is 18.8. The summed E-state index contributed by atoms with van der Waals surface area (Å²) < 4.78 is 0.585. The third-order valence-electron chi connectivity index (χ3n) is 5.76. The van der Waals surface area contributed by atoms with E-state index in [1.807, 2.05) is 24.3 Å². The second-order valence-electron chi connectivity index (χ2n) is 8.24. The van der Waals surface area contributed by atoms with Gasteiger partial charge in [-0.1, -0.05) is 59.9 Å². The second kappa shape index (κ2) is 11.3. The molecule has 0 saturated carbocycles.